The van der Waals surface area contributed by atoms with Gasteiger partial charge in [0, 0.05) is 30.9 Å². The Labute approximate surface area is 128 Å². The van der Waals surface area contributed by atoms with Gasteiger partial charge < -0.3 is 14.5 Å². The Bertz CT molecular complexity index is 517. The van der Waals surface area contributed by atoms with E-state index in [2.05, 4.69) is 0 Å². The molecule has 1 aromatic heterocycles. The summed E-state index contributed by atoms with van der Waals surface area (Å²) in [6.07, 6.45) is 0.329. The van der Waals surface area contributed by atoms with E-state index in [0.717, 1.165) is 4.88 Å². The van der Waals surface area contributed by atoms with Gasteiger partial charge in [0.15, 0.2) is 0 Å². The highest BCUT2D eigenvalue weighted by Gasteiger charge is 2.37. The first-order valence-electron chi connectivity index (χ1n) is 7.40. The van der Waals surface area contributed by atoms with Crippen LogP contribution in [-0.4, -0.2) is 54.4 Å². The van der Waals surface area contributed by atoms with Crippen LogP contribution in [0.15, 0.2) is 17.5 Å². The van der Waals surface area contributed by atoms with Crippen molar-refractivity contribution in [1.82, 2.24) is 9.80 Å². The minimum atomic E-state index is -0.181. The van der Waals surface area contributed by atoms with Gasteiger partial charge in [-0.2, -0.15) is 0 Å². The molecule has 0 spiro atoms. The summed E-state index contributed by atoms with van der Waals surface area (Å²) in [5.41, 5.74) is 0. The molecular weight excluding hydrogens is 288 g/mol. The predicted octanol–water partition coefficient (Wildman–Crippen LogP) is 1.52. The zero-order valence-corrected chi connectivity index (χ0v) is 13.0. The van der Waals surface area contributed by atoms with Crippen LogP contribution in [0, 0.1) is 5.92 Å². The lowest BCUT2D eigenvalue weighted by Gasteiger charge is -2.34. The third-order valence-electron chi connectivity index (χ3n) is 4.18. The van der Waals surface area contributed by atoms with Gasteiger partial charge in [0.05, 0.1) is 19.1 Å². The lowest BCUT2D eigenvalue weighted by Crippen LogP contribution is -2.45. The molecular formula is C15H20N2O3S. The largest absolute Gasteiger partial charge is 0.369 e. The summed E-state index contributed by atoms with van der Waals surface area (Å²) in [4.78, 5) is 29.2. The third kappa shape index (κ3) is 2.96. The van der Waals surface area contributed by atoms with Gasteiger partial charge in [0.1, 0.15) is 6.10 Å². The Morgan fingerprint density at radius 3 is 3.00 bits per heavy atom. The Hall–Kier alpha value is -1.40. The zero-order chi connectivity index (χ0) is 14.8. The molecule has 3 heterocycles. The number of nitrogens with zero attached hydrogens (tertiary/aromatic N) is 2. The zero-order valence-electron chi connectivity index (χ0n) is 12.2. The minimum Gasteiger partial charge on any atom is -0.369 e. The molecule has 0 unspecified atom stereocenters. The fourth-order valence-electron chi connectivity index (χ4n) is 3.00. The molecule has 0 saturated carbocycles. The summed E-state index contributed by atoms with van der Waals surface area (Å²) in [5.74, 6) is 0.0163. The average molecular weight is 308 g/mol. The number of carbonyl (C=O) groups is 2. The maximum atomic E-state index is 12.6. The number of rotatable bonds is 3. The monoisotopic (exact) mass is 308 g/mol. The van der Waals surface area contributed by atoms with Crippen LogP contribution in [-0.2, 0) is 14.3 Å². The van der Waals surface area contributed by atoms with Crippen LogP contribution >= 0.6 is 11.3 Å². The summed E-state index contributed by atoms with van der Waals surface area (Å²) in [7, 11) is 0. The van der Waals surface area contributed by atoms with Gasteiger partial charge in [0.25, 0.3) is 0 Å². The normalized spacial score (nSPS) is 26.4. The second kappa shape index (κ2) is 6.15. The summed E-state index contributed by atoms with van der Waals surface area (Å²) in [6, 6.07) is 4.04. The summed E-state index contributed by atoms with van der Waals surface area (Å²) in [6.45, 7) is 4.98. The fraction of sp³-hybridized carbons (Fsp3) is 0.600. The van der Waals surface area contributed by atoms with E-state index < -0.39 is 0 Å². The third-order valence-corrected chi connectivity index (χ3v) is 5.15. The van der Waals surface area contributed by atoms with Gasteiger partial charge in [0.2, 0.25) is 11.8 Å². The first-order chi connectivity index (χ1) is 10.2. The van der Waals surface area contributed by atoms with Crippen LogP contribution in [0.3, 0.4) is 0 Å². The molecule has 0 aromatic carbocycles. The number of thiophene rings is 1. The number of amides is 2. The second-order valence-electron chi connectivity index (χ2n) is 5.49. The Kier molecular flexibility index (Phi) is 4.26. The van der Waals surface area contributed by atoms with E-state index in [1.54, 1.807) is 16.2 Å². The van der Waals surface area contributed by atoms with Crippen molar-refractivity contribution in [2.75, 3.05) is 32.8 Å². The van der Waals surface area contributed by atoms with Crippen molar-refractivity contribution in [2.24, 2.45) is 5.92 Å². The van der Waals surface area contributed by atoms with E-state index in [4.69, 9.17) is 4.74 Å². The van der Waals surface area contributed by atoms with Crippen LogP contribution in [0.5, 0.6) is 0 Å². The number of hydrogen-bond acceptors (Lipinski definition) is 4. The van der Waals surface area contributed by atoms with E-state index in [0.29, 0.717) is 39.2 Å². The van der Waals surface area contributed by atoms with E-state index in [-0.39, 0.29) is 23.8 Å². The van der Waals surface area contributed by atoms with Crippen molar-refractivity contribution in [3.05, 3.63) is 22.4 Å². The topological polar surface area (TPSA) is 49.9 Å². The number of morpholine rings is 1. The molecule has 2 aliphatic rings. The van der Waals surface area contributed by atoms with Crippen LogP contribution in [0.4, 0.5) is 0 Å². The lowest BCUT2D eigenvalue weighted by molar-refractivity contribution is -0.143. The highest BCUT2D eigenvalue weighted by Crippen LogP contribution is 2.28. The van der Waals surface area contributed by atoms with Crippen LogP contribution in [0.25, 0.3) is 0 Å². The Morgan fingerprint density at radius 2 is 2.33 bits per heavy atom. The fourth-order valence-corrected chi connectivity index (χ4v) is 3.76. The standard InChI is InChI=1S/C15H20N2O3S/c1-2-16-9-11(8-14(16)18)15(19)17-5-6-20-12(10-17)13-4-3-7-21-13/h3-4,7,11-12H,2,5-6,8-10H2,1H3/t11-,12+/m1/s1. The molecule has 0 aliphatic carbocycles. The number of likely N-dealkylation sites (tertiary alicyclic amines) is 1. The maximum absolute atomic E-state index is 12.6. The summed E-state index contributed by atoms with van der Waals surface area (Å²) >= 11 is 1.65. The molecule has 0 bridgehead atoms. The second-order valence-corrected chi connectivity index (χ2v) is 6.47. The molecule has 3 rings (SSSR count). The predicted molar refractivity (Wildman–Crippen MR) is 80.0 cm³/mol. The van der Waals surface area contributed by atoms with Crippen molar-refractivity contribution in [2.45, 2.75) is 19.4 Å². The average Bonchev–Trinajstić information content (AvgIpc) is 3.16. The van der Waals surface area contributed by atoms with E-state index in [1.807, 2.05) is 29.3 Å². The minimum absolute atomic E-state index is 0.0258. The molecule has 2 aliphatic heterocycles. The Morgan fingerprint density at radius 1 is 1.48 bits per heavy atom. The van der Waals surface area contributed by atoms with E-state index in [9.17, 15) is 9.59 Å². The maximum Gasteiger partial charge on any atom is 0.228 e. The van der Waals surface area contributed by atoms with Crippen molar-refractivity contribution in [1.29, 1.82) is 0 Å². The number of carbonyl (C=O) groups excluding carboxylic acids is 2. The van der Waals surface area contributed by atoms with Crippen LogP contribution in [0.1, 0.15) is 24.3 Å². The molecule has 2 saturated heterocycles. The number of ether oxygens (including phenoxy) is 1. The van der Waals surface area contributed by atoms with Crippen LogP contribution in [0.2, 0.25) is 0 Å². The first kappa shape index (κ1) is 14.5. The quantitative estimate of drug-likeness (QED) is 0.850. The highest BCUT2D eigenvalue weighted by molar-refractivity contribution is 7.10. The van der Waals surface area contributed by atoms with Gasteiger partial charge in [-0.3, -0.25) is 9.59 Å². The Balaban J connectivity index is 1.64. The molecule has 0 N–H and O–H groups in total. The smallest absolute Gasteiger partial charge is 0.228 e. The summed E-state index contributed by atoms with van der Waals surface area (Å²) < 4.78 is 5.77. The molecule has 0 radical (unpaired) electrons. The molecule has 2 amide bonds. The SMILES string of the molecule is CCN1C[C@H](C(=O)N2CCO[C@H](c3cccs3)C2)CC1=O. The van der Waals surface area contributed by atoms with Gasteiger partial charge >= 0.3 is 0 Å². The van der Waals surface area contributed by atoms with Crippen molar-refractivity contribution >= 4 is 23.2 Å². The first-order valence-corrected chi connectivity index (χ1v) is 8.28. The van der Waals surface area contributed by atoms with Gasteiger partial charge in [-0.05, 0) is 18.4 Å². The van der Waals surface area contributed by atoms with E-state index >= 15 is 0 Å². The van der Waals surface area contributed by atoms with Crippen LogP contribution < -0.4 is 0 Å². The number of hydrogen-bond donors (Lipinski definition) is 0. The van der Waals surface area contributed by atoms with Crippen molar-refractivity contribution < 1.29 is 14.3 Å². The molecule has 1 aromatic rings. The van der Waals surface area contributed by atoms with E-state index in [1.165, 1.54) is 0 Å². The van der Waals surface area contributed by atoms with Crippen molar-refractivity contribution in [3.63, 3.8) is 0 Å². The molecule has 114 valence electrons. The molecule has 21 heavy (non-hydrogen) atoms. The van der Waals surface area contributed by atoms with Gasteiger partial charge in [-0.25, -0.2) is 0 Å². The van der Waals surface area contributed by atoms with Gasteiger partial charge in [-0.15, -0.1) is 11.3 Å². The molecule has 2 fully saturated rings. The van der Waals surface area contributed by atoms with Crippen molar-refractivity contribution in [3.8, 4) is 0 Å². The molecule has 2 atom stereocenters. The van der Waals surface area contributed by atoms with Gasteiger partial charge in [-0.1, -0.05) is 6.07 Å². The lowest BCUT2D eigenvalue weighted by atomic mass is 10.1. The highest BCUT2D eigenvalue weighted by atomic mass is 32.1. The molecule has 6 heteroatoms. The molecule has 5 nitrogen and oxygen atoms in total. The summed E-state index contributed by atoms with van der Waals surface area (Å²) in [5, 5.41) is 2.02.